The molecule has 0 N–H and O–H groups in total. The van der Waals surface area contributed by atoms with Crippen LogP contribution in [-0.2, 0) is 6.42 Å². The van der Waals surface area contributed by atoms with Gasteiger partial charge in [-0.05, 0) is 42.7 Å². The molecule has 1 aromatic heterocycles. The maximum absolute atomic E-state index is 5.77. The van der Waals surface area contributed by atoms with Gasteiger partial charge in [-0.15, -0.1) is 0 Å². The lowest BCUT2D eigenvalue weighted by molar-refractivity contribution is 0.543. The maximum atomic E-state index is 5.77. The minimum absolute atomic E-state index is 0.750. The topological polar surface area (TPSA) is 26.0 Å². The SMILES string of the molecule is Cc1ccc2oc(Cc3ccccc3C)nc2c1. The smallest absolute Gasteiger partial charge is 0.199 e. The number of nitrogens with zero attached hydrogens (tertiary/aromatic N) is 1. The van der Waals surface area contributed by atoms with Crippen LogP contribution >= 0.6 is 0 Å². The van der Waals surface area contributed by atoms with Gasteiger partial charge in [0, 0.05) is 6.42 Å². The molecule has 0 aliphatic heterocycles. The Bertz CT molecular complexity index is 697. The van der Waals surface area contributed by atoms with Crippen molar-refractivity contribution < 1.29 is 4.42 Å². The van der Waals surface area contributed by atoms with Crippen LogP contribution in [0.5, 0.6) is 0 Å². The Balaban J connectivity index is 1.98. The number of hydrogen-bond acceptors (Lipinski definition) is 2. The van der Waals surface area contributed by atoms with E-state index in [1.54, 1.807) is 0 Å². The summed E-state index contributed by atoms with van der Waals surface area (Å²) in [7, 11) is 0. The van der Waals surface area contributed by atoms with Crippen molar-refractivity contribution in [1.29, 1.82) is 0 Å². The number of fused-ring (bicyclic) bond motifs is 1. The predicted molar refractivity (Wildman–Crippen MR) is 72.7 cm³/mol. The van der Waals surface area contributed by atoms with Gasteiger partial charge in [-0.3, -0.25) is 0 Å². The molecule has 3 rings (SSSR count). The molecule has 1 heterocycles. The fraction of sp³-hybridized carbons (Fsp3) is 0.188. The van der Waals surface area contributed by atoms with Crippen molar-refractivity contribution in [2.75, 3.05) is 0 Å². The van der Waals surface area contributed by atoms with E-state index in [0.29, 0.717) is 0 Å². The molecule has 0 spiro atoms. The molecule has 0 bridgehead atoms. The second-order valence-electron chi connectivity index (χ2n) is 4.68. The average Bonchev–Trinajstić information content (AvgIpc) is 2.73. The summed E-state index contributed by atoms with van der Waals surface area (Å²) in [6, 6.07) is 14.4. The third-order valence-corrected chi connectivity index (χ3v) is 3.19. The molecule has 0 fully saturated rings. The fourth-order valence-corrected chi connectivity index (χ4v) is 2.13. The van der Waals surface area contributed by atoms with Crippen LogP contribution in [0.3, 0.4) is 0 Å². The third kappa shape index (κ3) is 2.02. The number of rotatable bonds is 2. The summed E-state index contributed by atoms with van der Waals surface area (Å²) in [6.45, 7) is 4.18. The molecule has 0 saturated carbocycles. The lowest BCUT2D eigenvalue weighted by Gasteiger charge is -2.01. The Morgan fingerprint density at radius 2 is 1.89 bits per heavy atom. The Hall–Kier alpha value is -2.09. The van der Waals surface area contributed by atoms with Crippen molar-refractivity contribution in [3.05, 3.63) is 65.0 Å². The van der Waals surface area contributed by atoms with E-state index in [2.05, 4.69) is 43.1 Å². The Morgan fingerprint density at radius 1 is 1.06 bits per heavy atom. The van der Waals surface area contributed by atoms with E-state index in [9.17, 15) is 0 Å². The van der Waals surface area contributed by atoms with Crippen LogP contribution in [0, 0.1) is 13.8 Å². The van der Waals surface area contributed by atoms with Crippen LogP contribution in [0.25, 0.3) is 11.1 Å². The summed E-state index contributed by atoms with van der Waals surface area (Å²) in [4.78, 5) is 4.54. The van der Waals surface area contributed by atoms with Gasteiger partial charge in [-0.2, -0.15) is 0 Å². The van der Waals surface area contributed by atoms with Gasteiger partial charge in [-0.25, -0.2) is 4.98 Å². The first-order chi connectivity index (χ1) is 8.72. The van der Waals surface area contributed by atoms with Gasteiger partial charge in [0.1, 0.15) is 5.52 Å². The molecule has 0 aliphatic rings. The summed E-state index contributed by atoms with van der Waals surface area (Å²) < 4.78 is 5.77. The van der Waals surface area contributed by atoms with Crippen LogP contribution in [-0.4, -0.2) is 4.98 Å². The summed E-state index contributed by atoms with van der Waals surface area (Å²) in [6.07, 6.45) is 0.750. The van der Waals surface area contributed by atoms with Gasteiger partial charge in [-0.1, -0.05) is 30.3 Å². The quantitative estimate of drug-likeness (QED) is 0.672. The maximum Gasteiger partial charge on any atom is 0.199 e. The van der Waals surface area contributed by atoms with Crippen molar-refractivity contribution in [2.24, 2.45) is 0 Å². The van der Waals surface area contributed by atoms with E-state index >= 15 is 0 Å². The molecular formula is C16H15NO. The van der Waals surface area contributed by atoms with E-state index in [1.165, 1.54) is 16.7 Å². The molecular weight excluding hydrogens is 222 g/mol. The molecule has 0 atom stereocenters. The van der Waals surface area contributed by atoms with Crippen LogP contribution in [0.1, 0.15) is 22.6 Å². The molecule has 2 aromatic carbocycles. The van der Waals surface area contributed by atoms with E-state index in [1.807, 2.05) is 18.2 Å². The molecule has 0 saturated heterocycles. The number of aromatic nitrogens is 1. The Morgan fingerprint density at radius 3 is 2.72 bits per heavy atom. The fourth-order valence-electron chi connectivity index (χ4n) is 2.13. The van der Waals surface area contributed by atoms with E-state index in [4.69, 9.17) is 4.42 Å². The highest BCUT2D eigenvalue weighted by Crippen LogP contribution is 2.20. The van der Waals surface area contributed by atoms with Gasteiger partial charge in [0.2, 0.25) is 0 Å². The lowest BCUT2D eigenvalue weighted by atomic mass is 10.1. The second-order valence-corrected chi connectivity index (χ2v) is 4.68. The van der Waals surface area contributed by atoms with Crippen LogP contribution < -0.4 is 0 Å². The van der Waals surface area contributed by atoms with Gasteiger partial charge < -0.3 is 4.42 Å². The summed E-state index contributed by atoms with van der Waals surface area (Å²) >= 11 is 0. The summed E-state index contributed by atoms with van der Waals surface area (Å²) in [5.41, 5.74) is 5.55. The molecule has 0 radical (unpaired) electrons. The molecule has 18 heavy (non-hydrogen) atoms. The second kappa shape index (κ2) is 4.30. The van der Waals surface area contributed by atoms with Crippen molar-refractivity contribution in [3.63, 3.8) is 0 Å². The van der Waals surface area contributed by atoms with Crippen LogP contribution in [0.2, 0.25) is 0 Å². The van der Waals surface area contributed by atoms with Gasteiger partial charge in [0.15, 0.2) is 11.5 Å². The molecule has 2 nitrogen and oxygen atoms in total. The van der Waals surface area contributed by atoms with Crippen molar-refractivity contribution in [3.8, 4) is 0 Å². The van der Waals surface area contributed by atoms with E-state index in [0.717, 1.165) is 23.4 Å². The Labute approximate surface area is 106 Å². The monoisotopic (exact) mass is 237 g/mol. The van der Waals surface area contributed by atoms with Gasteiger partial charge in [0.25, 0.3) is 0 Å². The number of oxazole rings is 1. The molecule has 0 amide bonds. The standard InChI is InChI=1S/C16H15NO/c1-11-7-8-15-14(9-11)17-16(18-15)10-13-6-4-3-5-12(13)2/h3-9H,10H2,1-2H3. The summed E-state index contributed by atoms with van der Waals surface area (Å²) in [5.74, 6) is 0.782. The predicted octanol–water partition coefficient (Wildman–Crippen LogP) is 4.04. The number of aryl methyl sites for hydroxylation is 2. The zero-order valence-electron chi connectivity index (χ0n) is 10.6. The first kappa shape index (κ1) is 11.0. The van der Waals surface area contributed by atoms with Gasteiger partial charge in [0.05, 0.1) is 0 Å². The molecule has 3 aromatic rings. The van der Waals surface area contributed by atoms with Crippen molar-refractivity contribution >= 4 is 11.1 Å². The lowest BCUT2D eigenvalue weighted by Crippen LogP contribution is -1.91. The normalized spacial score (nSPS) is 11.0. The minimum Gasteiger partial charge on any atom is -0.440 e. The molecule has 90 valence electrons. The zero-order chi connectivity index (χ0) is 12.5. The van der Waals surface area contributed by atoms with Crippen LogP contribution in [0.4, 0.5) is 0 Å². The molecule has 2 heteroatoms. The summed E-state index contributed by atoms with van der Waals surface area (Å²) in [5, 5.41) is 0. The average molecular weight is 237 g/mol. The Kier molecular flexibility index (Phi) is 2.63. The van der Waals surface area contributed by atoms with E-state index in [-0.39, 0.29) is 0 Å². The minimum atomic E-state index is 0.750. The van der Waals surface area contributed by atoms with Crippen molar-refractivity contribution in [1.82, 2.24) is 4.98 Å². The van der Waals surface area contributed by atoms with Crippen molar-refractivity contribution in [2.45, 2.75) is 20.3 Å². The van der Waals surface area contributed by atoms with Gasteiger partial charge >= 0.3 is 0 Å². The number of benzene rings is 2. The third-order valence-electron chi connectivity index (χ3n) is 3.19. The van der Waals surface area contributed by atoms with Crippen LogP contribution in [0.15, 0.2) is 46.9 Å². The largest absolute Gasteiger partial charge is 0.440 e. The number of hydrogen-bond donors (Lipinski definition) is 0. The molecule has 0 unspecified atom stereocenters. The highest BCUT2D eigenvalue weighted by Gasteiger charge is 2.07. The van der Waals surface area contributed by atoms with E-state index < -0.39 is 0 Å². The first-order valence-electron chi connectivity index (χ1n) is 6.13. The zero-order valence-corrected chi connectivity index (χ0v) is 10.6. The molecule has 0 aliphatic carbocycles. The first-order valence-corrected chi connectivity index (χ1v) is 6.13. The highest BCUT2D eigenvalue weighted by molar-refractivity contribution is 5.73. The highest BCUT2D eigenvalue weighted by atomic mass is 16.3.